The molecule has 112 valence electrons. The molecule has 5 aliphatic rings. The van der Waals surface area contributed by atoms with Gasteiger partial charge in [0.05, 0.1) is 13.2 Å². The summed E-state index contributed by atoms with van der Waals surface area (Å²) >= 11 is 4.03. The third-order valence-corrected chi connectivity index (χ3v) is 6.93. The van der Waals surface area contributed by atoms with Crippen LogP contribution in [0.5, 0.6) is 0 Å². The van der Waals surface area contributed by atoms with E-state index in [9.17, 15) is 4.79 Å². The van der Waals surface area contributed by atoms with E-state index in [0.717, 1.165) is 31.3 Å². The van der Waals surface area contributed by atoms with Crippen molar-refractivity contribution in [2.24, 2.45) is 17.3 Å². The van der Waals surface area contributed by atoms with Crippen molar-refractivity contribution in [2.75, 3.05) is 26.3 Å². The molecule has 5 fully saturated rings. The van der Waals surface area contributed by atoms with Crippen LogP contribution in [-0.4, -0.2) is 41.4 Å². The van der Waals surface area contributed by atoms with E-state index >= 15 is 0 Å². The SMILES string of the molecule is O=C(CC12C[C@@H]3C[C@@H](CC(Br)(C3)C1)C2)N1CCOCC1. The zero-order valence-electron chi connectivity index (χ0n) is 12.1. The van der Waals surface area contributed by atoms with Crippen molar-refractivity contribution in [3.63, 3.8) is 0 Å². The Morgan fingerprint density at radius 1 is 1.15 bits per heavy atom. The highest BCUT2D eigenvalue weighted by Gasteiger charge is 2.57. The summed E-state index contributed by atoms with van der Waals surface area (Å²) in [6.07, 6.45) is 8.71. The fourth-order valence-corrected chi connectivity index (χ4v) is 7.30. The number of ether oxygens (including phenoxy) is 1. The quantitative estimate of drug-likeness (QED) is 0.722. The van der Waals surface area contributed by atoms with Gasteiger partial charge in [-0.15, -0.1) is 0 Å². The summed E-state index contributed by atoms with van der Waals surface area (Å²) < 4.78 is 5.72. The van der Waals surface area contributed by atoms with Gasteiger partial charge in [0.1, 0.15) is 0 Å². The molecule has 0 radical (unpaired) electrons. The maximum Gasteiger partial charge on any atom is 0.223 e. The van der Waals surface area contributed by atoms with Gasteiger partial charge in [0.2, 0.25) is 5.91 Å². The van der Waals surface area contributed by atoms with E-state index < -0.39 is 0 Å². The lowest BCUT2D eigenvalue weighted by atomic mass is 9.48. The van der Waals surface area contributed by atoms with E-state index in [1.807, 2.05) is 4.90 Å². The number of carbonyl (C=O) groups is 1. The van der Waals surface area contributed by atoms with E-state index in [-0.39, 0.29) is 0 Å². The largest absolute Gasteiger partial charge is 0.378 e. The predicted molar refractivity (Wildman–Crippen MR) is 80.8 cm³/mol. The summed E-state index contributed by atoms with van der Waals surface area (Å²) in [4.78, 5) is 14.7. The molecule has 0 aromatic carbocycles. The molecule has 4 aliphatic carbocycles. The van der Waals surface area contributed by atoms with Crippen LogP contribution >= 0.6 is 15.9 Å². The maximum absolute atomic E-state index is 12.6. The summed E-state index contributed by atoms with van der Waals surface area (Å²) in [5.41, 5.74) is 0.309. The smallest absolute Gasteiger partial charge is 0.223 e. The molecule has 0 aromatic rings. The van der Waals surface area contributed by atoms with Gasteiger partial charge in [-0.3, -0.25) is 4.79 Å². The van der Waals surface area contributed by atoms with E-state index in [4.69, 9.17) is 4.74 Å². The van der Waals surface area contributed by atoms with Gasteiger partial charge in [-0.2, -0.15) is 0 Å². The number of hydrogen-bond acceptors (Lipinski definition) is 2. The van der Waals surface area contributed by atoms with Crippen LogP contribution in [0.2, 0.25) is 0 Å². The first-order valence-electron chi connectivity index (χ1n) is 8.10. The number of morpholine rings is 1. The molecule has 0 N–H and O–H groups in total. The normalized spacial score (nSPS) is 46.8. The Hall–Kier alpha value is -0.0900. The fourth-order valence-electron chi connectivity index (χ4n) is 5.79. The van der Waals surface area contributed by atoms with E-state index in [0.29, 0.717) is 28.9 Å². The van der Waals surface area contributed by atoms with Crippen LogP contribution in [0.1, 0.15) is 44.9 Å². The Kier molecular flexibility index (Phi) is 3.19. The van der Waals surface area contributed by atoms with Crippen molar-refractivity contribution in [1.82, 2.24) is 4.90 Å². The summed E-state index contributed by atoms with van der Waals surface area (Å²) in [5, 5.41) is 0. The van der Waals surface area contributed by atoms with Crippen molar-refractivity contribution in [3.05, 3.63) is 0 Å². The molecular formula is C16H24BrNO2. The third kappa shape index (κ3) is 2.33. The second-order valence-electron chi connectivity index (χ2n) is 7.78. The Balaban J connectivity index is 1.49. The Bertz CT molecular complexity index is 405. The van der Waals surface area contributed by atoms with Crippen LogP contribution in [0.15, 0.2) is 0 Å². The van der Waals surface area contributed by atoms with E-state index in [2.05, 4.69) is 15.9 Å². The Morgan fingerprint density at radius 2 is 1.80 bits per heavy atom. The number of carbonyl (C=O) groups excluding carboxylic acids is 1. The van der Waals surface area contributed by atoms with Gasteiger partial charge in [-0.25, -0.2) is 0 Å². The first kappa shape index (κ1) is 13.6. The number of amides is 1. The zero-order valence-corrected chi connectivity index (χ0v) is 13.7. The highest BCUT2D eigenvalue weighted by Crippen LogP contribution is 2.65. The second kappa shape index (κ2) is 4.70. The minimum absolute atomic E-state index is 0.309. The van der Waals surface area contributed by atoms with Gasteiger partial charge in [-0.05, 0) is 55.8 Å². The Labute approximate surface area is 129 Å². The zero-order chi connectivity index (χ0) is 13.8. The van der Waals surface area contributed by atoms with E-state index in [1.54, 1.807) is 0 Å². The van der Waals surface area contributed by atoms with Crippen molar-refractivity contribution in [3.8, 4) is 0 Å². The molecule has 1 heterocycles. The van der Waals surface area contributed by atoms with Gasteiger partial charge in [0.25, 0.3) is 0 Å². The van der Waals surface area contributed by atoms with Gasteiger partial charge < -0.3 is 9.64 Å². The molecule has 4 bridgehead atoms. The summed E-state index contributed by atoms with van der Waals surface area (Å²) in [6, 6.07) is 0. The minimum atomic E-state index is 0.309. The predicted octanol–water partition coefficient (Wildman–Crippen LogP) is 2.97. The molecule has 4 heteroatoms. The van der Waals surface area contributed by atoms with Crippen LogP contribution in [0, 0.1) is 17.3 Å². The fraction of sp³-hybridized carbons (Fsp3) is 0.938. The molecule has 1 amide bonds. The summed E-state index contributed by atoms with van der Waals surface area (Å²) in [5.74, 6) is 2.12. The van der Waals surface area contributed by atoms with Gasteiger partial charge in [0, 0.05) is 23.8 Å². The molecule has 4 atom stereocenters. The first-order chi connectivity index (χ1) is 9.56. The molecule has 20 heavy (non-hydrogen) atoms. The molecule has 2 unspecified atom stereocenters. The molecule has 5 rings (SSSR count). The number of alkyl halides is 1. The van der Waals surface area contributed by atoms with Gasteiger partial charge >= 0.3 is 0 Å². The molecular weight excluding hydrogens is 318 g/mol. The van der Waals surface area contributed by atoms with Gasteiger partial charge in [0.15, 0.2) is 0 Å². The van der Waals surface area contributed by atoms with Crippen molar-refractivity contribution < 1.29 is 9.53 Å². The highest BCUT2D eigenvalue weighted by molar-refractivity contribution is 9.10. The topological polar surface area (TPSA) is 29.5 Å². The van der Waals surface area contributed by atoms with Crippen LogP contribution in [0.4, 0.5) is 0 Å². The van der Waals surface area contributed by atoms with Crippen molar-refractivity contribution in [2.45, 2.75) is 49.3 Å². The Morgan fingerprint density at radius 3 is 2.40 bits per heavy atom. The lowest BCUT2D eigenvalue weighted by molar-refractivity contribution is -0.142. The highest BCUT2D eigenvalue weighted by atomic mass is 79.9. The summed E-state index contributed by atoms with van der Waals surface area (Å²) in [6.45, 7) is 3.02. The molecule has 4 saturated carbocycles. The minimum Gasteiger partial charge on any atom is -0.378 e. The molecule has 0 spiro atoms. The number of hydrogen-bond donors (Lipinski definition) is 0. The van der Waals surface area contributed by atoms with E-state index in [1.165, 1.54) is 38.5 Å². The lowest BCUT2D eigenvalue weighted by Gasteiger charge is -2.60. The van der Waals surface area contributed by atoms with Gasteiger partial charge in [-0.1, -0.05) is 15.9 Å². The third-order valence-electron chi connectivity index (χ3n) is 6.00. The van der Waals surface area contributed by atoms with Crippen LogP contribution in [0.25, 0.3) is 0 Å². The second-order valence-corrected chi connectivity index (χ2v) is 9.46. The lowest BCUT2D eigenvalue weighted by Crippen LogP contribution is -2.54. The van der Waals surface area contributed by atoms with Crippen LogP contribution in [-0.2, 0) is 9.53 Å². The number of nitrogens with zero attached hydrogens (tertiary/aromatic N) is 1. The van der Waals surface area contributed by atoms with Crippen molar-refractivity contribution in [1.29, 1.82) is 0 Å². The first-order valence-corrected chi connectivity index (χ1v) is 8.90. The average molecular weight is 342 g/mol. The molecule has 3 nitrogen and oxygen atoms in total. The van der Waals surface area contributed by atoms with Crippen LogP contribution in [0.3, 0.4) is 0 Å². The standard InChI is InChI=1S/C16H24BrNO2/c17-16-8-12-5-13(9-16)7-15(6-12,11-16)10-14(19)18-1-3-20-4-2-18/h12-13H,1-11H2/t12-,13+,15?,16?. The van der Waals surface area contributed by atoms with Crippen LogP contribution < -0.4 is 0 Å². The summed E-state index contributed by atoms with van der Waals surface area (Å²) in [7, 11) is 0. The van der Waals surface area contributed by atoms with Crippen molar-refractivity contribution >= 4 is 21.8 Å². The number of rotatable bonds is 2. The molecule has 1 aliphatic heterocycles. The monoisotopic (exact) mass is 341 g/mol. The maximum atomic E-state index is 12.6. The number of halogens is 1. The molecule has 1 saturated heterocycles. The average Bonchev–Trinajstić information content (AvgIpc) is 2.36. The molecule has 0 aromatic heterocycles.